The lowest BCUT2D eigenvalue weighted by atomic mass is 9.95. The third-order valence-corrected chi connectivity index (χ3v) is 5.52. The second-order valence-corrected chi connectivity index (χ2v) is 7.63. The van der Waals surface area contributed by atoms with E-state index in [1.165, 1.54) is 11.6 Å². The summed E-state index contributed by atoms with van der Waals surface area (Å²) in [6.07, 6.45) is 2.37. The summed E-state index contributed by atoms with van der Waals surface area (Å²) in [5, 5.41) is 0. The molecular formula is C24H29FN2O3. The highest BCUT2D eigenvalue weighted by Gasteiger charge is 2.22. The summed E-state index contributed by atoms with van der Waals surface area (Å²) in [5.74, 6) is -0.574. The number of halogens is 1. The Morgan fingerprint density at radius 1 is 1.20 bits per heavy atom. The Kier molecular flexibility index (Phi) is 7.08. The number of rotatable bonds is 7. The molecule has 1 amide bonds. The first-order chi connectivity index (χ1) is 14.4. The molecule has 0 saturated heterocycles. The Labute approximate surface area is 177 Å². The Hall–Kier alpha value is -2.89. The van der Waals surface area contributed by atoms with E-state index in [0.717, 1.165) is 36.3 Å². The van der Waals surface area contributed by atoms with E-state index >= 15 is 0 Å². The number of esters is 1. The molecule has 0 aromatic heterocycles. The van der Waals surface area contributed by atoms with Gasteiger partial charge in [-0.25, -0.2) is 4.39 Å². The number of benzene rings is 2. The SMILES string of the molecule is CCOC(=O)CCc1ccc(N(C)Cc2cccc3c2CCCN3C(C)=O)cc1F. The molecule has 30 heavy (non-hydrogen) atoms. The first kappa shape index (κ1) is 21.8. The van der Waals surface area contributed by atoms with E-state index in [1.54, 1.807) is 19.9 Å². The van der Waals surface area contributed by atoms with Crippen molar-refractivity contribution in [3.63, 3.8) is 0 Å². The van der Waals surface area contributed by atoms with Crippen LogP contribution in [0.3, 0.4) is 0 Å². The first-order valence-electron chi connectivity index (χ1n) is 10.4. The van der Waals surface area contributed by atoms with Crippen LogP contribution >= 0.6 is 0 Å². The molecule has 0 fully saturated rings. The van der Waals surface area contributed by atoms with Crippen molar-refractivity contribution in [2.75, 3.05) is 30.0 Å². The maximum Gasteiger partial charge on any atom is 0.306 e. The average molecular weight is 413 g/mol. The van der Waals surface area contributed by atoms with E-state index in [-0.39, 0.29) is 24.1 Å². The monoisotopic (exact) mass is 412 g/mol. The molecule has 3 rings (SSSR count). The van der Waals surface area contributed by atoms with Crippen molar-refractivity contribution in [2.24, 2.45) is 0 Å². The van der Waals surface area contributed by atoms with Crippen LogP contribution in [0.2, 0.25) is 0 Å². The first-order valence-corrected chi connectivity index (χ1v) is 10.4. The van der Waals surface area contributed by atoms with Gasteiger partial charge < -0.3 is 14.5 Å². The van der Waals surface area contributed by atoms with Gasteiger partial charge >= 0.3 is 5.97 Å². The van der Waals surface area contributed by atoms with Crippen molar-refractivity contribution in [1.82, 2.24) is 0 Å². The van der Waals surface area contributed by atoms with Crippen LogP contribution < -0.4 is 9.80 Å². The van der Waals surface area contributed by atoms with Gasteiger partial charge in [-0.2, -0.15) is 0 Å². The van der Waals surface area contributed by atoms with Crippen molar-refractivity contribution >= 4 is 23.3 Å². The zero-order chi connectivity index (χ0) is 21.7. The van der Waals surface area contributed by atoms with Gasteiger partial charge in [-0.1, -0.05) is 18.2 Å². The molecule has 0 N–H and O–H groups in total. The zero-order valence-corrected chi connectivity index (χ0v) is 17.9. The highest BCUT2D eigenvalue weighted by molar-refractivity contribution is 5.93. The molecule has 0 atom stereocenters. The van der Waals surface area contributed by atoms with Crippen molar-refractivity contribution < 1.29 is 18.7 Å². The second kappa shape index (κ2) is 9.74. The molecule has 2 aromatic carbocycles. The number of amides is 1. The molecule has 0 unspecified atom stereocenters. The molecule has 2 aromatic rings. The van der Waals surface area contributed by atoms with Gasteiger partial charge in [-0.3, -0.25) is 9.59 Å². The Morgan fingerprint density at radius 2 is 2.00 bits per heavy atom. The number of carbonyl (C=O) groups is 2. The summed E-state index contributed by atoms with van der Waals surface area (Å²) in [5.41, 5.74) is 4.60. The van der Waals surface area contributed by atoms with E-state index in [0.29, 0.717) is 25.1 Å². The topological polar surface area (TPSA) is 49.9 Å². The number of carbonyl (C=O) groups excluding carboxylic acids is 2. The standard InChI is InChI=1S/C24H29FN2O3/c1-4-30-24(29)13-11-18-10-12-20(15-22(18)25)26(3)16-19-7-5-9-23-21(19)8-6-14-27(23)17(2)28/h5,7,9-10,12,15H,4,6,8,11,13-14,16H2,1-3H3. The van der Waals surface area contributed by atoms with Crippen LogP contribution in [-0.2, 0) is 33.7 Å². The van der Waals surface area contributed by atoms with E-state index in [4.69, 9.17) is 4.74 Å². The normalized spacial score (nSPS) is 13.0. The van der Waals surface area contributed by atoms with E-state index < -0.39 is 0 Å². The molecule has 0 saturated carbocycles. The van der Waals surface area contributed by atoms with E-state index in [1.807, 2.05) is 35.0 Å². The highest BCUT2D eigenvalue weighted by Crippen LogP contribution is 2.31. The van der Waals surface area contributed by atoms with Crippen molar-refractivity contribution in [1.29, 1.82) is 0 Å². The molecular weight excluding hydrogens is 383 g/mol. The zero-order valence-electron chi connectivity index (χ0n) is 17.9. The molecule has 6 heteroatoms. The number of anilines is 2. The van der Waals surface area contributed by atoms with Gasteiger partial charge in [0, 0.05) is 44.9 Å². The molecule has 1 aliphatic rings. The van der Waals surface area contributed by atoms with Crippen molar-refractivity contribution in [3.05, 3.63) is 58.9 Å². The van der Waals surface area contributed by atoms with Crippen molar-refractivity contribution in [2.45, 2.75) is 46.1 Å². The summed E-state index contributed by atoms with van der Waals surface area (Å²) in [6.45, 7) is 5.06. The fourth-order valence-corrected chi connectivity index (χ4v) is 3.97. The van der Waals surface area contributed by atoms with Crippen LogP contribution in [0.1, 0.15) is 43.4 Å². The quantitative estimate of drug-likeness (QED) is 0.638. The smallest absolute Gasteiger partial charge is 0.306 e. The predicted octanol–water partition coefficient (Wildman–Crippen LogP) is 4.26. The van der Waals surface area contributed by atoms with Gasteiger partial charge in [0.25, 0.3) is 0 Å². The lowest BCUT2D eigenvalue weighted by Gasteiger charge is -2.31. The van der Waals surface area contributed by atoms with Crippen LogP contribution in [0.25, 0.3) is 0 Å². The summed E-state index contributed by atoms with van der Waals surface area (Å²) < 4.78 is 19.5. The molecule has 1 aliphatic heterocycles. The van der Waals surface area contributed by atoms with Crippen LogP contribution in [0, 0.1) is 5.82 Å². The fourth-order valence-electron chi connectivity index (χ4n) is 3.97. The molecule has 0 bridgehead atoms. The molecule has 160 valence electrons. The average Bonchev–Trinajstić information content (AvgIpc) is 2.72. The van der Waals surface area contributed by atoms with Crippen LogP contribution in [-0.4, -0.2) is 32.1 Å². The van der Waals surface area contributed by atoms with E-state index in [9.17, 15) is 14.0 Å². The number of ether oxygens (including phenoxy) is 1. The highest BCUT2D eigenvalue weighted by atomic mass is 19.1. The molecule has 0 spiro atoms. The summed E-state index contributed by atoms with van der Waals surface area (Å²) in [6, 6.07) is 11.2. The van der Waals surface area contributed by atoms with Gasteiger partial charge in [-0.05, 0) is 61.1 Å². The third-order valence-electron chi connectivity index (χ3n) is 5.52. The summed E-state index contributed by atoms with van der Waals surface area (Å²) >= 11 is 0. The number of fused-ring (bicyclic) bond motifs is 1. The Morgan fingerprint density at radius 3 is 2.70 bits per heavy atom. The third kappa shape index (κ3) is 4.99. The lowest BCUT2D eigenvalue weighted by molar-refractivity contribution is -0.143. The summed E-state index contributed by atoms with van der Waals surface area (Å²) in [7, 11) is 1.93. The Bertz CT molecular complexity index is 929. The molecule has 0 aliphatic carbocycles. The van der Waals surface area contributed by atoms with E-state index in [2.05, 4.69) is 6.07 Å². The molecule has 5 nitrogen and oxygen atoms in total. The Balaban J connectivity index is 1.73. The van der Waals surface area contributed by atoms with Crippen LogP contribution in [0.15, 0.2) is 36.4 Å². The minimum absolute atomic E-state index is 0.0573. The largest absolute Gasteiger partial charge is 0.466 e. The van der Waals surface area contributed by atoms with Gasteiger partial charge in [-0.15, -0.1) is 0 Å². The summed E-state index contributed by atoms with van der Waals surface area (Å²) in [4.78, 5) is 27.3. The van der Waals surface area contributed by atoms with Gasteiger partial charge in [0.05, 0.1) is 6.61 Å². The van der Waals surface area contributed by atoms with Crippen LogP contribution in [0.4, 0.5) is 15.8 Å². The molecule has 0 radical (unpaired) electrons. The van der Waals surface area contributed by atoms with Crippen LogP contribution in [0.5, 0.6) is 0 Å². The van der Waals surface area contributed by atoms with Crippen molar-refractivity contribution in [3.8, 4) is 0 Å². The molecule has 1 heterocycles. The van der Waals surface area contributed by atoms with Gasteiger partial charge in [0.1, 0.15) is 5.82 Å². The number of hydrogen-bond acceptors (Lipinski definition) is 4. The lowest BCUT2D eigenvalue weighted by Crippen LogP contribution is -2.34. The number of nitrogens with zero attached hydrogens (tertiary/aromatic N) is 2. The predicted molar refractivity (Wildman–Crippen MR) is 116 cm³/mol. The number of hydrogen-bond donors (Lipinski definition) is 0. The maximum absolute atomic E-state index is 14.6. The minimum Gasteiger partial charge on any atom is -0.466 e. The number of aryl methyl sites for hydroxylation is 1. The fraction of sp³-hybridized carbons (Fsp3) is 0.417. The van der Waals surface area contributed by atoms with Gasteiger partial charge in [0.2, 0.25) is 5.91 Å². The van der Waals surface area contributed by atoms with Gasteiger partial charge in [0.15, 0.2) is 0 Å². The second-order valence-electron chi connectivity index (χ2n) is 7.63. The minimum atomic E-state index is -0.318. The maximum atomic E-state index is 14.6.